The molecule has 1 rings (SSSR count). The van der Waals surface area contributed by atoms with Crippen LogP contribution in [0, 0.1) is 5.82 Å². The Bertz CT molecular complexity index is 521. The van der Waals surface area contributed by atoms with Gasteiger partial charge in [-0.25, -0.2) is 4.39 Å². The summed E-state index contributed by atoms with van der Waals surface area (Å²) in [5.74, 6) is -2.12. The largest absolute Gasteiger partial charge is 0.419 e. The Morgan fingerprint density at radius 2 is 1.86 bits per heavy atom. The molecule has 0 aliphatic rings. The number of carbonyl (C=O) groups excluding carboxylic acids is 1. The lowest BCUT2D eigenvalue weighted by atomic mass is 10.1. The standard InChI is InChI=1S/C14H17F4NO2/c1-4-19(8-13(2,3)21)12(20)9-5-6-11(15)10(7-9)14(16,17)18/h5-7,21H,4,8H2,1-3H3. The third kappa shape index (κ3) is 4.70. The molecule has 0 atom stereocenters. The third-order valence-corrected chi connectivity index (χ3v) is 2.77. The molecule has 0 saturated heterocycles. The summed E-state index contributed by atoms with van der Waals surface area (Å²) in [5.41, 5.74) is -2.93. The maximum absolute atomic E-state index is 13.2. The second-order valence-electron chi connectivity index (χ2n) is 5.32. The molecule has 3 nitrogen and oxygen atoms in total. The van der Waals surface area contributed by atoms with Crippen LogP contribution in [-0.2, 0) is 6.18 Å². The molecule has 21 heavy (non-hydrogen) atoms. The molecule has 1 aromatic rings. The van der Waals surface area contributed by atoms with Gasteiger partial charge in [0, 0.05) is 18.7 Å². The van der Waals surface area contributed by atoms with Crippen molar-refractivity contribution >= 4 is 5.91 Å². The predicted octanol–water partition coefficient (Wildman–Crippen LogP) is 3.08. The van der Waals surface area contributed by atoms with Crippen LogP contribution in [0.3, 0.4) is 0 Å². The Kier molecular flexibility index (Phi) is 4.99. The van der Waals surface area contributed by atoms with Crippen LogP contribution in [0.1, 0.15) is 36.7 Å². The number of amides is 1. The van der Waals surface area contributed by atoms with E-state index >= 15 is 0 Å². The average molecular weight is 307 g/mol. The van der Waals surface area contributed by atoms with Crippen LogP contribution in [0.2, 0.25) is 0 Å². The predicted molar refractivity (Wildman–Crippen MR) is 69.3 cm³/mol. The molecule has 0 heterocycles. The Hall–Kier alpha value is -1.63. The van der Waals surface area contributed by atoms with Crippen molar-refractivity contribution in [3.8, 4) is 0 Å². The normalized spacial score (nSPS) is 12.4. The summed E-state index contributed by atoms with van der Waals surface area (Å²) in [6.45, 7) is 4.77. The number of hydrogen-bond donors (Lipinski definition) is 1. The number of rotatable bonds is 4. The third-order valence-electron chi connectivity index (χ3n) is 2.77. The smallest absolute Gasteiger partial charge is 0.389 e. The van der Waals surface area contributed by atoms with Crippen molar-refractivity contribution in [1.82, 2.24) is 4.90 Å². The molecule has 0 saturated carbocycles. The highest BCUT2D eigenvalue weighted by Gasteiger charge is 2.35. The summed E-state index contributed by atoms with van der Waals surface area (Å²) in [6.07, 6.45) is -4.87. The lowest BCUT2D eigenvalue weighted by molar-refractivity contribution is -0.140. The summed E-state index contributed by atoms with van der Waals surface area (Å²) in [6, 6.07) is 2.11. The minimum Gasteiger partial charge on any atom is -0.389 e. The number of likely N-dealkylation sites (N-methyl/N-ethyl adjacent to an activating group) is 1. The van der Waals surface area contributed by atoms with Gasteiger partial charge in [-0.3, -0.25) is 4.79 Å². The monoisotopic (exact) mass is 307 g/mol. The zero-order valence-electron chi connectivity index (χ0n) is 12.0. The first-order valence-corrected chi connectivity index (χ1v) is 6.34. The van der Waals surface area contributed by atoms with E-state index in [2.05, 4.69) is 0 Å². The number of carbonyl (C=O) groups is 1. The maximum Gasteiger partial charge on any atom is 0.419 e. The number of alkyl halides is 3. The molecule has 0 radical (unpaired) electrons. The highest BCUT2D eigenvalue weighted by molar-refractivity contribution is 5.94. The molecule has 1 N–H and O–H groups in total. The number of hydrogen-bond acceptors (Lipinski definition) is 2. The zero-order chi connectivity index (χ0) is 16.4. The Morgan fingerprint density at radius 1 is 1.29 bits per heavy atom. The van der Waals surface area contributed by atoms with Crippen LogP contribution in [0.5, 0.6) is 0 Å². The van der Waals surface area contributed by atoms with Gasteiger partial charge in [0.1, 0.15) is 5.82 Å². The van der Waals surface area contributed by atoms with Crippen molar-refractivity contribution in [2.24, 2.45) is 0 Å². The number of nitrogens with zero attached hydrogens (tertiary/aromatic N) is 1. The van der Waals surface area contributed by atoms with E-state index in [1.165, 1.54) is 18.7 Å². The van der Waals surface area contributed by atoms with Gasteiger partial charge in [0.05, 0.1) is 11.2 Å². The molecule has 0 spiro atoms. The second-order valence-corrected chi connectivity index (χ2v) is 5.32. The van der Waals surface area contributed by atoms with Crippen LogP contribution in [-0.4, -0.2) is 34.6 Å². The van der Waals surface area contributed by atoms with Crippen molar-refractivity contribution < 1.29 is 27.5 Å². The van der Waals surface area contributed by atoms with Gasteiger partial charge in [-0.1, -0.05) is 0 Å². The first-order chi connectivity index (χ1) is 9.45. The van der Waals surface area contributed by atoms with Crippen molar-refractivity contribution in [3.05, 3.63) is 35.1 Å². The molecule has 0 unspecified atom stereocenters. The molecular formula is C14H17F4NO2. The maximum atomic E-state index is 13.2. The van der Waals surface area contributed by atoms with Crippen molar-refractivity contribution in [2.45, 2.75) is 32.5 Å². The van der Waals surface area contributed by atoms with Crippen LogP contribution in [0.25, 0.3) is 0 Å². The molecule has 0 aliphatic carbocycles. The van der Waals surface area contributed by atoms with Crippen LogP contribution in [0.4, 0.5) is 17.6 Å². The van der Waals surface area contributed by atoms with E-state index in [0.717, 1.165) is 6.07 Å². The van der Waals surface area contributed by atoms with Gasteiger partial charge in [-0.2, -0.15) is 13.2 Å². The zero-order valence-corrected chi connectivity index (χ0v) is 12.0. The number of aliphatic hydroxyl groups is 1. The van der Waals surface area contributed by atoms with E-state index in [0.29, 0.717) is 12.1 Å². The van der Waals surface area contributed by atoms with Crippen molar-refractivity contribution in [1.29, 1.82) is 0 Å². The SMILES string of the molecule is CCN(CC(C)(C)O)C(=O)c1ccc(F)c(C(F)(F)F)c1. The van der Waals surface area contributed by atoms with E-state index in [4.69, 9.17) is 0 Å². The van der Waals surface area contributed by atoms with E-state index < -0.39 is 29.1 Å². The average Bonchev–Trinajstić information content (AvgIpc) is 2.33. The molecule has 7 heteroatoms. The first-order valence-electron chi connectivity index (χ1n) is 6.34. The second kappa shape index (κ2) is 6.01. The molecule has 0 bridgehead atoms. The minimum atomic E-state index is -4.87. The van der Waals surface area contributed by atoms with Gasteiger partial charge in [0.15, 0.2) is 0 Å². The van der Waals surface area contributed by atoms with Gasteiger partial charge in [0.2, 0.25) is 0 Å². The topological polar surface area (TPSA) is 40.5 Å². The summed E-state index contributed by atoms with van der Waals surface area (Å²) in [4.78, 5) is 13.4. The van der Waals surface area contributed by atoms with Gasteiger partial charge in [0.25, 0.3) is 5.91 Å². The van der Waals surface area contributed by atoms with Crippen LogP contribution >= 0.6 is 0 Å². The molecule has 0 aromatic heterocycles. The lowest BCUT2D eigenvalue weighted by Gasteiger charge is -2.28. The van der Waals surface area contributed by atoms with E-state index in [9.17, 15) is 27.5 Å². The quantitative estimate of drug-likeness (QED) is 0.869. The first kappa shape index (κ1) is 17.4. The highest BCUT2D eigenvalue weighted by Crippen LogP contribution is 2.32. The summed E-state index contributed by atoms with van der Waals surface area (Å²) in [7, 11) is 0. The molecular weight excluding hydrogens is 290 g/mol. The summed E-state index contributed by atoms with van der Waals surface area (Å²) >= 11 is 0. The summed E-state index contributed by atoms with van der Waals surface area (Å²) in [5, 5.41) is 9.71. The van der Waals surface area contributed by atoms with Crippen molar-refractivity contribution in [3.63, 3.8) is 0 Å². The molecule has 118 valence electrons. The van der Waals surface area contributed by atoms with Gasteiger partial charge >= 0.3 is 6.18 Å². The Morgan fingerprint density at radius 3 is 2.29 bits per heavy atom. The Balaban J connectivity index is 3.13. The van der Waals surface area contributed by atoms with Crippen molar-refractivity contribution in [2.75, 3.05) is 13.1 Å². The number of halogens is 4. The fourth-order valence-corrected chi connectivity index (χ4v) is 1.85. The Labute approximate surface area is 120 Å². The highest BCUT2D eigenvalue weighted by atomic mass is 19.4. The fraction of sp³-hybridized carbons (Fsp3) is 0.500. The molecule has 1 amide bonds. The van der Waals surface area contributed by atoms with Crippen LogP contribution in [0.15, 0.2) is 18.2 Å². The summed E-state index contributed by atoms with van der Waals surface area (Å²) < 4.78 is 51.1. The van der Waals surface area contributed by atoms with E-state index in [1.54, 1.807) is 6.92 Å². The minimum absolute atomic E-state index is 0.0406. The molecule has 0 aliphatic heterocycles. The number of benzene rings is 1. The van der Waals surface area contributed by atoms with Crippen LogP contribution < -0.4 is 0 Å². The molecule has 0 fully saturated rings. The van der Waals surface area contributed by atoms with Gasteiger partial charge in [-0.15, -0.1) is 0 Å². The van der Waals surface area contributed by atoms with Gasteiger partial charge in [-0.05, 0) is 39.0 Å². The fourth-order valence-electron chi connectivity index (χ4n) is 1.85. The van der Waals surface area contributed by atoms with Gasteiger partial charge < -0.3 is 10.0 Å². The van der Waals surface area contributed by atoms with E-state index in [-0.39, 0.29) is 18.7 Å². The van der Waals surface area contributed by atoms with E-state index in [1.807, 2.05) is 0 Å². The molecule has 1 aromatic carbocycles. The lowest BCUT2D eigenvalue weighted by Crippen LogP contribution is -2.42.